The average Bonchev–Trinajstić information content (AvgIpc) is 2.48. The fourth-order valence-electron chi connectivity index (χ4n) is 2.04. The third-order valence-electron chi connectivity index (χ3n) is 3.25. The number of amides is 1. The number of aryl methyl sites for hydroxylation is 1. The lowest BCUT2D eigenvalue weighted by atomic mass is 10.1. The molecule has 0 fully saturated rings. The number of methoxy groups -OCH3 is 1. The van der Waals surface area contributed by atoms with Crippen molar-refractivity contribution in [3.05, 3.63) is 65.2 Å². The molecule has 0 saturated heterocycles. The van der Waals surface area contributed by atoms with Crippen molar-refractivity contribution >= 4 is 5.91 Å². The summed E-state index contributed by atoms with van der Waals surface area (Å²) in [5.41, 5.74) is 2.91. The van der Waals surface area contributed by atoms with Gasteiger partial charge in [-0.3, -0.25) is 4.79 Å². The first kappa shape index (κ1) is 14.1. The summed E-state index contributed by atoms with van der Waals surface area (Å²) in [6.07, 6.45) is 0.807. The molecule has 3 nitrogen and oxygen atoms in total. The molecular formula is C17H19NO2. The Morgan fingerprint density at radius 1 is 1.10 bits per heavy atom. The van der Waals surface area contributed by atoms with Crippen LogP contribution in [-0.2, 0) is 6.42 Å². The Labute approximate surface area is 119 Å². The van der Waals surface area contributed by atoms with Crippen LogP contribution in [0.15, 0.2) is 48.5 Å². The SMILES string of the molecule is COc1ccc(CCNC(=O)c2ccccc2C)cc1. The zero-order valence-electron chi connectivity index (χ0n) is 11.8. The van der Waals surface area contributed by atoms with Crippen LogP contribution in [0.1, 0.15) is 21.5 Å². The van der Waals surface area contributed by atoms with Gasteiger partial charge in [-0.2, -0.15) is 0 Å². The van der Waals surface area contributed by atoms with E-state index in [1.807, 2.05) is 55.5 Å². The summed E-state index contributed by atoms with van der Waals surface area (Å²) in [7, 11) is 1.65. The first-order chi connectivity index (χ1) is 9.70. The Kier molecular flexibility index (Phi) is 4.77. The van der Waals surface area contributed by atoms with Crippen LogP contribution < -0.4 is 10.1 Å². The van der Waals surface area contributed by atoms with Crippen molar-refractivity contribution in [2.45, 2.75) is 13.3 Å². The Bertz CT molecular complexity index is 576. The van der Waals surface area contributed by atoms with E-state index >= 15 is 0 Å². The third-order valence-corrected chi connectivity index (χ3v) is 3.25. The van der Waals surface area contributed by atoms with Crippen LogP contribution >= 0.6 is 0 Å². The van der Waals surface area contributed by atoms with Crippen molar-refractivity contribution in [2.75, 3.05) is 13.7 Å². The Hall–Kier alpha value is -2.29. The molecule has 0 bridgehead atoms. The maximum atomic E-state index is 12.0. The molecule has 0 aliphatic heterocycles. The maximum absolute atomic E-state index is 12.0. The molecule has 2 aromatic carbocycles. The van der Waals surface area contributed by atoms with Gasteiger partial charge in [0.15, 0.2) is 0 Å². The van der Waals surface area contributed by atoms with E-state index in [0.29, 0.717) is 6.54 Å². The van der Waals surface area contributed by atoms with Gasteiger partial charge in [0.2, 0.25) is 0 Å². The molecule has 1 amide bonds. The van der Waals surface area contributed by atoms with E-state index in [0.717, 1.165) is 23.3 Å². The van der Waals surface area contributed by atoms with Crippen LogP contribution in [-0.4, -0.2) is 19.6 Å². The van der Waals surface area contributed by atoms with Gasteiger partial charge < -0.3 is 10.1 Å². The Morgan fingerprint density at radius 2 is 1.80 bits per heavy atom. The number of carbonyl (C=O) groups excluding carboxylic acids is 1. The topological polar surface area (TPSA) is 38.3 Å². The van der Waals surface area contributed by atoms with Gasteiger partial charge in [0, 0.05) is 12.1 Å². The quantitative estimate of drug-likeness (QED) is 0.906. The molecule has 0 unspecified atom stereocenters. The molecule has 3 heteroatoms. The molecule has 104 valence electrons. The predicted octanol–water partition coefficient (Wildman–Crippen LogP) is 2.98. The molecule has 0 radical (unpaired) electrons. The monoisotopic (exact) mass is 269 g/mol. The smallest absolute Gasteiger partial charge is 0.251 e. The third kappa shape index (κ3) is 3.60. The molecule has 20 heavy (non-hydrogen) atoms. The van der Waals surface area contributed by atoms with E-state index in [-0.39, 0.29) is 5.91 Å². The van der Waals surface area contributed by atoms with Crippen molar-refractivity contribution in [1.82, 2.24) is 5.32 Å². The minimum Gasteiger partial charge on any atom is -0.497 e. The van der Waals surface area contributed by atoms with Gasteiger partial charge in [0.25, 0.3) is 5.91 Å². The lowest BCUT2D eigenvalue weighted by Gasteiger charge is -2.08. The van der Waals surface area contributed by atoms with E-state index in [1.54, 1.807) is 7.11 Å². The molecular weight excluding hydrogens is 250 g/mol. The number of nitrogens with one attached hydrogen (secondary N) is 1. The van der Waals surface area contributed by atoms with E-state index in [4.69, 9.17) is 4.74 Å². The van der Waals surface area contributed by atoms with Gasteiger partial charge in [-0.15, -0.1) is 0 Å². The molecule has 0 aliphatic carbocycles. The average molecular weight is 269 g/mol. The summed E-state index contributed by atoms with van der Waals surface area (Å²) >= 11 is 0. The van der Waals surface area contributed by atoms with E-state index in [9.17, 15) is 4.79 Å². The molecule has 2 rings (SSSR count). The fraction of sp³-hybridized carbons (Fsp3) is 0.235. The van der Waals surface area contributed by atoms with Crippen LogP contribution in [0.5, 0.6) is 5.75 Å². The van der Waals surface area contributed by atoms with Crippen LogP contribution in [0, 0.1) is 6.92 Å². The number of carbonyl (C=O) groups is 1. The van der Waals surface area contributed by atoms with Gasteiger partial charge in [0.05, 0.1) is 7.11 Å². The summed E-state index contributed by atoms with van der Waals surface area (Å²) in [6, 6.07) is 15.5. The highest BCUT2D eigenvalue weighted by atomic mass is 16.5. The largest absolute Gasteiger partial charge is 0.497 e. The van der Waals surface area contributed by atoms with Gasteiger partial charge in [-0.05, 0) is 42.7 Å². The second-order valence-electron chi connectivity index (χ2n) is 4.67. The molecule has 0 heterocycles. The maximum Gasteiger partial charge on any atom is 0.251 e. The first-order valence-corrected chi connectivity index (χ1v) is 6.67. The highest BCUT2D eigenvalue weighted by Crippen LogP contribution is 2.11. The molecule has 1 N–H and O–H groups in total. The van der Waals surface area contributed by atoms with Crippen molar-refractivity contribution < 1.29 is 9.53 Å². The number of ether oxygens (including phenoxy) is 1. The molecule has 0 spiro atoms. The molecule has 0 aliphatic rings. The summed E-state index contributed by atoms with van der Waals surface area (Å²) < 4.78 is 5.11. The molecule has 0 saturated carbocycles. The van der Waals surface area contributed by atoms with E-state index < -0.39 is 0 Å². The van der Waals surface area contributed by atoms with Crippen molar-refractivity contribution in [3.8, 4) is 5.75 Å². The minimum absolute atomic E-state index is 0.0170. The van der Waals surface area contributed by atoms with Gasteiger partial charge in [-0.1, -0.05) is 30.3 Å². The summed E-state index contributed by atoms with van der Waals surface area (Å²) in [5, 5.41) is 2.95. The van der Waals surface area contributed by atoms with Crippen LogP contribution in [0.3, 0.4) is 0 Å². The lowest BCUT2D eigenvalue weighted by Crippen LogP contribution is -2.26. The zero-order chi connectivity index (χ0) is 14.4. The highest BCUT2D eigenvalue weighted by Gasteiger charge is 2.06. The predicted molar refractivity (Wildman–Crippen MR) is 80.2 cm³/mol. The van der Waals surface area contributed by atoms with E-state index in [1.165, 1.54) is 5.56 Å². The molecule has 0 atom stereocenters. The van der Waals surface area contributed by atoms with E-state index in [2.05, 4.69) is 5.32 Å². The fourth-order valence-corrected chi connectivity index (χ4v) is 2.04. The van der Waals surface area contributed by atoms with Crippen molar-refractivity contribution in [1.29, 1.82) is 0 Å². The number of hydrogen-bond donors (Lipinski definition) is 1. The Balaban J connectivity index is 1.86. The van der Waals surface area contributed by atoms with Gasteiger partial charge >= 0.3 is 0 Å². The van der Waals surface area contributed by atoms with Crippen molar-refractivity contribution in [3.63, 3.8) is 0 Å². The molecule has 0 aromatic heterocycles. The standard InChI is InChI=1S/C17H19NO2/c1-13-5-3-4-6-16(13)17(19)18-12-11-14-7-9-15(20-2)10-8-14/h3-10H,11-12H2,1-2H3,(H,18,19). The zero-order valence-corrected chi connectivity index (χ0v) is 11.8. The summed E-state index contributed by atoms with van der Waals surface area (Å²) in [5.74, 6) is 0.828. The van der Waals surface area contributed by atoms with Gasteiger partial charge in [-0.25, -0.2) is 0 Å². The van der Waals surface area contributed by atoms with Crippen LogP contribution in [0.25, 0.3) is 0 Å². The van der Waals surface area contributed by atoms with Crippen molar-refractivity contribution in [2.24, 2.45) is 0 Å². The first-order valence-electron chi connectivity index (χ1n) is 6.67. The normalized spacial score (nSPS) is 10.1. The second-order valence-corrected chi connectivity index (χ2v) is 4.67. The second kappa shape index (κ2) is 6.75. The Morgan fingerprint density at radius 3 is 2.45 bits per heavy atom. The lowest BCUT2D eigenvalue weighted by molar-refractivity contribution is 0.0953. The summed E-state index contributed by atoms with van der Waals surface area (Å²) in [4.78, 5) is 12.0. The minimum atomic E-state index is -0.0170. The number of rotatable bonds is 5. The number of hydrogen-bond acceptors (Lipinski definition) is 2. The van der Waals surface area contributed by atoms with Crippen LogP contribution in [0.2, 0.25) is 0 Å². The summed E-state index contributed by atoms with van der Waals surface area (Å²) in [6.45, 7) is 2.57. The van der Waals surface area contributed by atoms with Gasteiger partial charge in [0.1, 0.15) is 5.75 Å². The highest BCUT2D eigenvalue weighted by molar-refractivity contribution is 5.95. The number of benzene rings is 2. The van der Waals surface area contributed by atoms with Crippen LogP contribution in [0.4, 0.5) is 0 Å². The molecule has 2 aromatic rings.